The predicted octanol–water partition coefficient (Wildman–Crippen LogP) is 3.32. The number of carbonyl (C=O) groups excluding carboxylic acids is 1. The Morgan fingerprint density at radius 3 is 2.48 bits per heavy atom. The van der Waals surface area contributed by atoms with Gasteiger partial charge in [-0.2, -0.15) is 4.98 Å². The highest BCUT2D eigenvalue weighted by Gasteiger charge is 2.61. The zero-order chi connectivity index (χ0) is 16.8. The molecule has 0 N–H and O–H groups in total. The Hall–Kier alpha value is -1.65. The second-order valence-electron chi connectivity index (χ2n) is 7.85. The van der Waals surface area contributed by atoms with Gasteiger partial charge in [0.1, 0.15) is 0 Å². The van der Waals surface area contributed by atoms with Crippen LogP contribution in [-0.4, -0.2) is 34.0 Å². The molecular formula is C18H27N3O2. The molecule has 0 radical (unpaired) electrons. The first-order valence-electron chi connectivity index (χ1n) is 8.54. The Balaban J connectivity index is 1.60. The van der Waals surface area contributed by atoms with Gasteiger partial charge in [0.05, 0.1) is 5.92 Å². The molecular weight excluding hydrogens is 290 g/mol. The highest BCUT2D eigenvalue weighted by atomic mass is 16.5. The Kier molecular flexibility index (Phi) is 4.07. The summed E-state index contributed by atoms with van der Waals surface area (Å²) in [5, 5.41) is 3.87. The number of hydrogen-bond donors (Lipinski definition) is 0. The molecule has 1 aromatic heterocycles. The van der Waals surface area contributed by atoms with E-state index < -0.39 is 0 Å². The summed E-state index contributed by atoms with van der Waals surface area (Å²) in [6.07, 6.45) is 4.08. The lowest BCUT2D eigenvalue weighted by atomic mass is 9.96. The maximum absolute atomic E-state index is 12.9. The fourth-order valence-corrected chi connectivity index (χ4v) is 3.84. The maximum Gasteiger partial charge on any atom is 0.229 e. The lowest BCUT2D eigenvalue weighted by Gasteiger charge is -2.31. The van der Waals surface area contributed by atoms with Crippen molar-refractivity contribution in [3.8, 4) is 0 Å². The van der Waals surface area contributed by atoms with E-state index in [-0.39, 0.29) is 11.3 Å². The SMILES string of the molecule is CC(C)=C[C@H]1[C@H](C(=O)N2CCC(c3nc(C)no3)CC2)C1(C)C. The van der Waals surface area contributed by atoms with E-state index in [0.717, 1.165) is 31.8 Å². The lowest BCUT2D eigenvalue weighted by Crippen LogP contribution is -2.39. The Bertz CT molecular complexity index is 620. The third-order valence-corrected chi connectivity index (χ3v) is 5.39. The minimum absolute atomic E-state index is 0.0921. The summed E-state index contributed by atoms with van der Waals surface area (Å²) in [5.74, 6) is 2.54. The van der Waals surface area contributed by atoms with Crippen molar-refractivity contribution in [1.29, 1.82) is 0 Å². The summed E-state index contributed by atoms with van der Waals surface area (Å²) in [4.78, 5) is 19.2. The Morgan fingerprint density at radius 1 is 1.30 bits per heavy atom. The molecule has 5 nitrogen and oxygen atoms in total. The minimum atomic E-state index is 0.0921. The lowest BCUT2D eigenvalue weighted by molar-refractivity contribution is -0.134. The largest absolute Gasteiger partial charge is 0.342 e. The van der Waals surface area contributed by atoms with Gasteiger partial charge < -0.3 is 9.42 Å². The third kappa shape index (κ3) is 3.06. The molecule has 23 heavy (non-hydrogen) atoms. The summed E-state index contributed by atoms with van der Waals surface area (Å²) >= 11 is 0. The third-order valence-electron chi connectivity index (χ3n) is 5.39. The van der Waals surface area contributed by atoms with Crippen molar-refractivity contribution >= 4 is 5.91 Å². The van der Waals surface area contributed by atoms with Crippen LogP contribution in [0.1, 0.15) is 58.2 Å². The highest BCUT2D eigenvalue weighted by Crippen LogP contribution is 2.60. The molecule has 1 aliphatic heterocycles. The van der Waals surface area contributed by atoms with Crippen molar-refractivity contribution in [3.05, 3.63) is 23.4 Å². The number of nitrogens with zero attached hydrogens (tertiary/aromatic N) is 3. The number of carbonyl (C=O) groups is 1. The molecule has 1 saturated heterocycles. The van der Waals surface area contributed by atoms with Crippen LogP contribution in [0.15, 0.2) is 16.2 Å². The van der Waals surface area contributed by atoms with Crippen LogP contribution in [0.25, 0.3) is 0 Å². The average Bonchev–Trinajstić information content (AvgIpc) is 2.83. The van der Waals surface area contributed by atoms with Crippen LogP contribution in [-0.2, 0) is 4.79 Å². The van der Waals surface area contributed by atoms with Crippen molar-refractivity contribution in [2.75, 3.05) is 13.1 Å². The summed E-state index contributed by atoms with van der Waals surface area (Å²) < 4.78 is 5.28. The zero-order valence-corrected chi connectivity index (χ0v) is 14.8. The Morgan fingerprint density at radius 2 is 1.96 bits per heavy atom. The van der Waals surface area contributed by atoms with E-state index in [2.05, 4.69) is 43.9 Å². The van der Waals surface area contributed by atoms with Gasteiger partial charge in [-0.3, -0.25) is 4.79 Å². The van der Waals surface area contributed by atoms with Crippen molar-refractivity contribution in [1.82, 2.24) is 15.0 Å². The highest BCUT2D eigenvalue weighted by molar-refractivity contribution is 5.84. The van der Waals surface area contributed by atoms with Crippen LogP contribution in [0.3, 0.4) is 0 Å². The number of hydrogen-bond acceptors (Lipinski definition) is 4. The van der Waals surface area contributed by atoms with Gasteiger partial charge in [0.15, 0.2) is 5.82 Å². The van der Waals surface area contributed by atoms with Crippen molar-refractivity contribution in [2.45, 2.75) is 53.4 Å². The van der Waals surface area contributed by atoms with Gasteiger partial charge in [0.2, 0.25) is 11.8 Å². The fourth-order valence-electron chi connectivity index (χ4n) is 3.84. The first kappa shape index (κ1) is 16.2. The van der Waals surface area contributed by atoms with Gasteiger partial charge in [-0.1, -0.05) is 30.7 Å². The first-order valence-corrected chi connectivity index (χ1v) is 8.54. The number of rotatable bonds is 3. The van der Waals surface area contributed by atoms with Crippen LogP contribution >= 0.6 is 0 Å². The second-order valence-corrected chi connectivity index (χ2v) is 7.85. The minimum Gasteiger partial charge on any atom is -0.342 e. The standard InChI is InChI=1S/C18H27N3O2/c1-11(2)10-14-15(18(14,4)5)17(22)21-8-6-13(7-9-21)16-19-12(3)20-23-16/h10,13-15H,6-9H2,1-5H3/t14-,15+/m0/s1. The summed E-state index contributed by atoms with van der Waals surface area (Å²) in [6, 6.07) is 0. The van der Waals surface area contributed by atoms with Gasteiger partial charge in [-0.05, 0) is 44.9 Å². The van der Waals surface area contributed by atoms with Gasteiger partial charge >= 0.3 is 0 Å². The van der Waals surface area contributed by atoms with Crippen molar-refractivity contribution in [3.63, 3.8) is 0 Å². The van der Waals surface area contributed by atoms with E-state index in [1.165, 1.54) is 5.57 Å². The van der Waals surface area contributed by atoms with Crippen LogP contribution in [0.2, 0.25) is 0 Å². The van der Waals surface area contributed by atoms with Gasteiger partial charge in [-0.15, -0.1) is 0 Å². The van der Waals surface area contributed by atoms with Gasteiger partial charge in [-0.25, -0.2) is 0 Å². The van der Waals surface area contributed by atoms with Crippen molar-refractivity contribution < 1.29 is 9.32 Å². The van der Waals surface area contributed by atoms with Crippen LogP contribution in [0.4, 0.5) is 0 Å². The van der Waals surface area contributed by atoms with Crippen LogP contribution < -0.4 is 0 Å². The zero-order valence-electron chi connectivity index (χ0n) is 14.8. The molecule has 1 amide bonds. The molecule has 126 valence electrons. The number of aryl methyl sites for hydroxylation is 1. The predicted molar refractivity (Wildman–Crippen MR) is 87.8 cm³/mol. The summed E-state index contributed by atoms with van der Waals surface area (Å²) in [7, 11) is 0. The van der Waals surface area contributed by atoms with Gasteiger partial charge in [0, 0.05) is 19.0 Å². The van der Waals surface area contributed by atoms with E-state index in [1.807, 2.05) is 11.8 Å². The number of likely N-dealkylation sites (tertiary alicyclic amines) is 1. The van der Waals surface area contributed by atoms with E-state index in [4.69, 9.17) is 4.52 Å². The topological polar surface area (TPSA) is 59.2 Å². The number of allylic oxidation sites excluding steroid dienone is 2. The molecule has 3 rings (SSSR count). The Labute approximate surface area is 138 Å². The number of piperidine rings is 1. The van der Waals surface area contributed by atoms with E-state index >= 15 is 0 Å². The number of aromatic nitrogens is 2. The molecule has 5 heteroatoms. The molecule has 1 saturated carbocycles. The monoisotopic (exact) mass is 317 g/mol. The molecule has 2 heterocycles. The molecule has 0 spiro atoms. The summed E-state index contributed by atoms with van der Waals surface area (Å²) in [5.41, 5.74) is 1.39. The van der Waals surface area contributed by atoms with Crippen molar-refractivity contribution in [2.24, 2.45) is 17.3 Å². The summed E-state index contributed by atoms with van der Waals surface area (Å²) in [6.45, 7) is 12.0. The average molecular weight is 317 g/mol. The first-order chi connectivity index (χ1) is 10.8. The maximum atomic E-state index is 12.9. The van der Waals surface area contributed by atoms with Gasteiger partial charge in [0.25, 0.3) is 0 Å². The fraction of sp³-hybridized carbons (Fsp3) is 0.722. The van der Waals surface area contributed by atoms with E-state index in [0.29, 0.717) is 23.6 Å². The quantitative estimate of drug-likeness (QED) is 0.802. The molecule has 2 fully saturated rings. The smallest absolute Gasteiger partial charge is 0.229 e. The molecule has 1 aliphatic carbocycles. The van der Waals surface area contributed by atoms with Crippen LogP contribution in [0, 0.1) is 24.2 Å². The molecule has 1 aromatic rings. The second kappa shape index (κ2) is 5.77. The van der Waals surface area contributed by atoms with Crippen LogP contribution in [0.5, 0.6) is 0 Å². The normalized spacial score (nSPS) is 26.9. The molecule has 0 bridgehead atoms. The number of amides is 1. The van der Waals surface area contributed by atoms with E-state index in [9.17, 15) is 4.79 Å². The van der Waals surface area contributed by atoms with E-state index in [1.54, 1.807) is 0 Å². The molecule has 2 atom stereocenters. The molecule has 0 unspecified atom stereocenters. The molecule has 2 aliphatic rings. The molecule has 0 aromatic carbocycles.